The van der Waals surface area contributed by atoms with E-state index in [0.717, 1.165) is 36.9 Å². The summed E-state index contributed by atoms with van der Waals surface area (Å²) in [5.41, 5.74) is 4.75. The maximum absolute atomic E-state index is 5.78. The van der Waals surface area contributed by atoms with Crippen LogP contribution < -0.4 is 0 Å². The maximum Gasteiger partial charge on any atom is 0.111 e. The van der Waals surface area contributed by atoms with Gasteiger partial charge in [-0.15, -0.1) is 0 Å². The number of hydrogen-bond acceptors (Lipinski definition) is 2. The van der Waals surface area contributed by atoms with Crippen molar-refractivity contribution in [3.63, 3.8) is 0 Å². The molecule has 0 N–H and O–H groups in total. The molecule has 0 atom stereocenters. The Kier molecular flexibility index (Phi) is 4.32. The molecule has 1 aliphatic rings. The Morgan fingerprint density at radius 2 is 1.68 bits per heavy atom. The first-order chi connectivity index (χ1) is 12.1. The summed E-state index contributed by atoms with van der Waals surface area (Å²) in [6.45, 7) is 7.56. The van der Waals surface area contributed by atoms with Crippen molar-refractivity contribution in [1.82, 2.24) is 9.47 Å². The molecule has 0 spiro atoms. The van der Waals surface area contributed by atoms with Gasteiger partial charge in [-0.25, -0.2) is 0 Å². The van der Waals surface area contributed by atoms with E-state index in [0.29, 0.717) is 0 Å². The van der Waals surface area contributed by atoms with Gasteiger partial charge in [0.05, 0.1) is 13.2 Å². The Morgan fingerprint density at radius 1 is 0.960 bits per heavy atom. The third-order valence-corrected chi connectivity index (χ3v) is 5.43. The molecule has 4 rings (SSSR count). The number of fused-ring (bicyclic) bond motifs is 1. The Bertz CT molecular complexity index is 938. The molecular weight excluding hydrogens is 328 g/mol. The normalized spacial score (nSPS) is 14.9. The monoisotopic (exact) mass is 350 g/mol. The van der Waals surface area contributed by atoms with Crippen molar-refractivity contribution in [3.05, 3.63) is 65.5 Å². The van der Waals surface area contributed by atoms with E-state index in [1.807, 2.05) is 0 Å². The van der Waals surface area contributed by atoms with E-state index in [1.165, 1.54) is 27.8 Å². The summed E-state index contributed by atoms with van der Waals surface area (Å²) in [4.78, 5) is 3.19. The highest BCUT2D eigenvalue weighted by Gasteiger charge is 2.20. The molecule has 0 radical (unpaired) electrons. The van der Waals surface area contributed by atoms with Crippen LogP contribution in [-0.2, 0) is 4.74 Å². The number of benzene rings is 2. The zero-order valence-electron chi connectivity index (χ0n) is 14.7. The minimum Gasteiger partial charge on any atom is -0.378 e. The van der Waals surface area contributed by atoms with Gasteiger partial charge in [0, 0.05) is 35.7 Å². The number of ether oxygens (including phenoxy) is 1. The second-order valence-electron chi connectivity index (χ2n) is 6.56. The lowest BCUT2D eigenvalue weighted by Gasteiger charge is -2.29. The van der Waals surface area contributed by atoms with Gasteiger partial charge in [-0.3, -0.25) is 0 Å². The molecule has 0 saturated carbocycles. The van der Waals surface area contributed by atoms with E-state index in [1.54, 1.807) is 0 Å². The van der Waals surface area contributed by atoms with Crippen molar-refractivity contribution >= 4 is 28.0 Å². The van der Waals surface area contributed by atoms with Gasteiger partial charge in [0.25, 0.3) is 0 Å². The minimum absolute atomic E-state index is 0.754. The molecule has 128 valence electrons. The average molecular weight is 350 g/mol. The predicted molar refractivity (Wildman–Crippen MR) is 107 cm³/mol. The quantitative estimate of drug-likeness (QED) is 0.643. The molecule has 3 nitrogen and oxygen atoms in total. The lowest BCUT2D eigenvalue weighted by Crippen LogP contribution is -2.40. The Morgan fingerprint density at radius 3 is 2.44 bits per heavy atom. The predicted octanol–water partition coefficient (Wildman–Crippen LogP) is 4.26. The maximum atomic E-state index is 5.78. The number of aryl methyl sites for hydroxylation is 1. The van der Waals surface area contributed by atoms with Crippen LogP contribution in [0.2, 0.25) is 0 Å². The number of nitrogens with zero attached hydrogens (tertiary/aromatic N) is 2. The van der Waals surface area contributed by atoms with Crippen LogP contribution in [0.25, 0.3) is 16.5 Å². The first-order valence-electron chi connectivity index (χ1n) is 8.70. The zero-order chi connectivity index (χ0) is 17.4. The van der Waals surface area contributed by atoms with Crippen LogP contribution in [0.3, 0.4) is 0 Å². The summed E-state index contributed by atoms with van der Waals surface area (Å²) in [6.07, 6.45) is 0. The topological polar surface area (TPSA) is 17.4 Å². The minimum atomic E-state index is 0.754. The number of aromatic nitrogens is 1. The van der Waals surface area contributed by atoms with Crippen LogP contribution in [-0.4, -0.2) is 40.8 Å². The highest BCUT2D eigenvalue weighted by molar-refractivity contribution is 7.80. The lowest BCUT2D eigenvalue weighted by molar-refractivity contribution is 0.0692. The summed E-state index contributed by atoms with van der Waals surface area (Å²) in [7, 11) is 0. The molecule has 1 saturated heterocycles. The van der Waals surface area contributed by atoms with Gasteiger partial charge in [-0.2, -0.15) is 0 Å². The van der Waals surface area contributed by atoms with Crippen LogP contribution >= 0.6 is 12.2 Å². The van der Waals surface area contributed by atoms with Crippen molar-refractivity contribution in [2.24, 2.45) is 0 Å². The molecule has 1 aliphatic heterocycles. The summed E-state index contributed by atoms with van der Waals surface area (Å²) in [5.74, 6) is 0. The second-order valence-corrected chi connectivity index (χ2v) is 6.94. The van der Waals surface area contributed by atoms with Crippen molar-refractivity contribution in [3.8, 4) is 5.69 Å². The van der Waals surface area contributed by atoms with Crippen molar-refractivity contribution in [2.45, 2.75) is 13.8 Å². The van der Waals surface area contributed by atoms with E-state index < -0.39 is 0 Å². The molecule has 4 heteroatoms. The third-order valence-electron chi connectivity index (χ3n) is 4.95. The number of thiocarbonyl (C=S) groups is 1. The second kappa shape index (κ2) is 6.62. The van der Waals surface area contributed by atoms with Gasteiger partial charge in [0.15, 0.2) is 0 Å². The first kappa shape index (κ1) is 16.3. The van der Waals surface area contributed by atoms with E-state index in [4.69, 9.17) is 17.0 Å². The highest BCUT2D eigenvalue weighted by Crippen LogP contribution is 2.25. The molecule has 1 fully saturated rings. The smallest absolute Gasteiger partial charge is 0.111 e. The largest absolute Gasteiger partial charge is 0.378 e. The molecule has 1 aromatic heterocycles. The molecule has 0 aliphatic carbocycles. The van der Waals surface area contributed by atoms with Crippen LogP contribution in [0, 0.1) is 13.8 Å². The summed E-state index contributed by atoms with van der Waals surface area (Å²) >= 11 is 5.78. The molecule has 2 heterocycles. The fourth-order valence-electron chi connectivity index (χ4n) is 3.63. The summed E-state index contributed by atoms with van der Waals surface area (Å²) in [5, 5.41) is 2.52. The summed E-state index contributed by atoms with van der Waals surface area (Å²) < 4.78 is 7.75. The van der Waals surface area contributed by atoms with Gasteiger partial charge in [-0.05, 0) is 42.8 Å². The fraction of sp³-hybridized carbons (Fsp3) is 0.286. The average Bonchev–Trinajstić information content (AvgIpc) is 2.95. The molecule has 0 bridgehead atoms. The highest BCUT2D eigenvalue weighted by atomic mass is 32.1. The van der Waals surface area contributed by atoms with E-state index >= 15 is 0 Å². The van der Waals surface area contributed by atoms with Gasteiger partial charge >= 0.3 is 0 Å². The van der Waals surface area contributed by atoms with Crippen LogP contribution in [0.1, 0.15) is 17.0 Å². The molecule has 0 amide bonds. The van der Waals surface area contributed by atoms with Crippen LogP contribution in [0.5, 0.6) is 0 Å². The third kappa shape index (κ3) is 2.96. The number of hydrogen-bond donors (Lipinski definition) is 0. The fourth-order valence-corrected chi connectivity index (χ4v) is 4.02. The molecule has 0 unspecified atom stereocenters. The van der Waals surface area contributed by atoms with Crippen molar-refractivity contribution < 1.29 is 4.74 Å². The van der Waals surface area contributed by atoms with E-state index in [2.05, 4.69) is 71.8 Å². The Balaban J connectivity index is 1.74. The van der Waals surface area contributed by atoms with Gasteiger partial charge < -0.3 is 14.2 Å². The van der Waals surface area contributed by atoms with Crippen LogP contribution in [0.4, 0.5) is 0 Å². The summed E-state index contributed by atoms with van der Waals surface area (Å²) in [6, 6.07) is 17.3. The van der Waals surface area contributed by atoms with Crippen molar-refractivity contribution in [1.29, 1.82) is 0 Å². The molecule has 3 aromatic rings. The Hall–Kier alpha value is -2.17. The molecular formula is C21H22N2OS. The lowest BCUT2D eigenvalue weighted by atomic mass is 10.1. The zero-order valence-corrected chi connectivity index (χ0v) is 15.5. The SMILES string of the molecule is Cc1cc(C(=S)N2CCOCC2)c(C)n1-c1ccc2ccccc2c1. The molecule has 25 heavy (non-hydrogen) atoms. The van der Waals surface area contributed by atoms with Crippen LogP contribution in [0.15, 0.2) is 48.5 Å². The van der Waals surface area contributed by atoms with Crippen molar-refractivity contribution in [2.75, 3.05) is 26.3 Å². The number of rotatable bonds is 2. The first-order valence-corrected chi connectivity index (χ1v) is 9.11. The number of morpholine rings is 1. The standard InChI is InChI=1S/C21H22N2OS/c1-15-13-20(21(25)22-9-11-24-12-10-22)16(2)23(15)19-8-7-17-5-3-4-6-18(17)14-19/h3-8,13-14H,9-12H2,1-2H3. The van der Waals surface area contributed by atoms with Gasteiger partial charge in [-0.1, -0.05) is 42.5 Å². The Labute approximate surface area is 153 Å². The van der Waals surface area contributed by atoms with E-state index in [-0.39, 0.29) is 0 Å². The van der Waals surface area contributed by atoms with Gasteiger partial charge in [0.1, 0.15) is 4.99 Å². The molecule has 2 aromatic carbocycles. The van der Waals surface area contributed by atoms with Gasteiger partial charge in [0.2, 0.25) is 0 Å². The van der Waals surface area contributed by atoms with E-state index in [9.17, 15) is 0 Å².